The van der Waals surface area contributed by atoms with E-state index in [4.69, 9.17) is 0 Å². The molecule has 0 amide bonds. The molecule has 1 fully saturated rings. The van der Waals surface area contributed by atoms with E-state index < -0.39 is 0 Å². The maximum Gasteiger partial charge on any atom is 0.186 e. The van der Waals surface area contributed by atoms with Crippen molar-refractivity contribution in [1.29, 1.82) is 0 Å². The van der Waals surface area contributed by atoms with Gasteiger partial charge in [-0.05, 0) is 44.9 Å². The van der Waals surface area contributed by atoms with Gasteiger partial charge in [0.15, 0.2) is 5.78 Å². The van der Waals surface area contributed by atoms with Gasteiger partial charge < -0.3 is 0 Å². The predicted octanol–water partition coefficient (Wildman–Crippen LogP) is 3.50. The van der Waals surface area contributed by atoms with E-state index in [1.807, 2.05) is 12.1 Å². The fourth-order valence-corrected chi connectivity index (χ4v) is 3.37. The molecular formula is C14H21NOS. The quantitative estimate of drug-likeness (QED) is 0.763. The Balaban J connectivity index is 1.97. The average Bonchev–Trinajstić information content (AvgIpc) is 2.77. The highest BCUT2D eigenvalue weighted by molar-refractivity contribution is 7.14. The first-order valence-corrected chi connectivity index (χ1v) is 7.36. The van der Waals surface area contributed by atoms with E-state index in [0.29, 0.717) is 18.4 Å². The van der Waals surface area contributed by atoms with Crippen LogP contribution in [0.15, 0.2) is 12.1 Å². The molecule has 0 saturated carbocycles. The molecule has 2 rings (SSSR count). The molecule has 0 aliphatic carbocycles. The number of nitrogens with zero attached hydrogens (tertiary/aromatic N) is 1. The van der Waals surface area contributed by atoms with Crippen LogP contribution >= 0.6 is 11.3 Å². The summed E-state index contributed by atoms with van der Waals surface area (Å²) >= 11 is 1.62. The standard InChI is InChI=1S/C14H21NOS/c1-3-12-6-4-5-9-15(12)10-13(16)14-8-7-11(2)17-14/h7-8,12H,3-6,9-10H2,1-2H3. The summed E-state index contributed by atoms with van der Waals surface area (Å²) in [5.41, 5.74) is 0. The van der Waals surface area contributed by atoms with Gasteiger partial charge in [0.2, 0.25) is 0 Å². The first-order valence-electron chi connectivity index (χ1n) is 6.54. The molecule has 94 valence electrons. The van der Waals surface area contributed by atoms with Crippen molar-refractivity contribution < 1.29 is 4.79 Å². The summed E-state index contributed by atoms with van der Waals surface area (Å²) in [6, 6.07) is 4.62. The lowest BCUT2D eigenvalue weighted by Gasteiger charge is -2.34. The molecule has 2 heterocycles. The second kappa shape index (κ2) is 5.78. The molecule has 2 nitrogen and oxygen atoms in total. The van der Waals surface area contributed by atoms with Gasteiger partial charge in [-0.1, -0.05) is 13.3 Å². The molecule has 1 atom stereocenters. The van der Waals surface area contributed by atoms with Crippen molar-refractivity contribution in [3.05, 3.63) is 21.9 Å². The maximum absolute atomic E-state index is 12.2. The lowest BCUT2D eigenvalue weighted by atomic mass is 10.00. The topological polar surface area (TPSA) is 20.3 Å². The van der Waals surface area contributed by atoms with Crippen LogP contribution in [0.25, 0.3) is 0 Å². The Labute approximate surface area is 108 Å². The van der Waals surface area contributed by atoms with Crippen LogP contribution in [0.5, 0.6) is 0 Å². The number of Topliss-reactive ketones (excluding diaryl/α,β-unsaturated/α-hetero) is 1. The number of likely N-dealkylation sites (tertiary alicyclic amines) is 1. The number of carbonyl (C=O) groups is 1. The van der Waals surface area contributed by atoms with Crippen LogP contribution in [0.1, 0.15) is 47.2 Å². The van der Waals surface area contributed by atoms with Gasteiger partial charge in [0.25, 0.3) is 0 Å². The van der Waals surface area contributed by atoms with E-state index in [1.54, 1.807) is 11.3 Å². The molecule has 1 aliphatic heterocycles. The van der Waals surface area contributed by atoms with Gasteiger partial charge in [0.05, 0.1) is 11.4 Å². The van der Waals surface area contributed by atoms with Gasteiger partial charge in [0.1, 0.15) is 0 Å². The largest absolute Gasteiger partial charge is 0.293 e. The Bertz CT molecular complexity index is 385. The van der Waals surface area contributed by atoms with Gasteiger partial charge in [-0.3, -0.25) is 9.69 Å². The lowest BCUT2D eigenvalue weighted by molar-refractivity contribution is 0.0842. The zero-order valence-electron chi connectivity index (χ0n) is 10.7. The second-order valence-electron chi connectivity index (χ2n) is 4.86. The summed E-state index contributed by atoms with van der Waals surface area (Å²) in [5, 5.41) is 0. The van der Waals surface area contributed by atoms with Crippen molar-refractivity contribution >= 4 is 17.1 Å². The van der Waals surface area contributed by atoms with Crippen LogP contribution < -0.4 is 0 Å². The summed E-state index contributed by atoms with van der Waals surface area (Å²) in [7, 11) is 0. The normalized spacial score (nSPS) is 21.6. The summed E-state index contributed by atoms with van der Waals surface area (Å²) in [6.07, 6.45) is 4.98. The Hall–Kier alpha value is -0.670. The number of piperidine rings is 1. The monoisotopic (exact) mass is 251 g/mol. The SMILES string of the molecule is CCC1CCCCN1CC(=O)c1ccc(C)s1. The zero-order chi connectivity index (χ0) is 12.3. The second-order valence-corrected chi connectivity index (χ2v) is 6.15. The van der Waals surface area contributed by atoms with Crippen LogP contribution in [0.3, 0.4) is 0 Å². The van der Waals surface area contributed by atoms with Gasteiger partial charge in [-0.25, -0.2) is 0 Å². The van der Waals surface area contributed by atoms with Crippen LogP contribution in [-0.4, -0.2) is 29.8 Å². The van der Waals surface area contributed by atoms with Crippen molar-refractivity contribution in [2.75, 3.05) is 13.1 Å². The van der Waals surface area contributed by atoms with E-state index in [2.05, 4.69) is 18.7 Å². The van der Waals surface area contributed by atoms with E-state index in [-0.39, 0.29) is 0 Å². The minimum atomic E-state index is 0.295. The van der Waals surface area contributed by atoms with Crippen LogP contribution in [-0.2, 0) is 0 Å². The van der Waals surface area contributed by atoms with Gasteiger partial charge in [-0.15, -0.1) is 11.3 Å². The van der Waals surface area contributed by atoms with Crippen LogP contribution in [0, 0.1) is 6.92 Å². The summed E-state index contributed by atoms with van der Waals surface area (Å²) in [5.74, 6) is 0.295. The van der Waals surface area contributed by atoms with Gasteiger partial charge >= 0.3 is 0 Å². The molecule has 1 unspecified atom stereocenters. The van der Waals surface area contributed by atoms with Crippen LogP contribution in [0.4, 0.5) is 0 Å². The minimum absolute atomic E-state index is 0.295. The highest BCUT2D eigenvalue weighted by Gasteiger charge is 2.23. The molecule has 1 aromatic heterocycles. The molecule has 3 heteroatoms. The molecular weight excluding hydrogens is 230 g/mol. The lowest BCUT2D eigenvalue weighted by Crippen LogP contribution is -2.42. The Morgan fingerprint density at radius 1 is 1.47 bits per heavy atom. The molecule has 0 aromatic carbocycles. The smallest absolute Gasteiger partial charge is 0.186 e. The van der Waals surface area contributed by atoms with Gasteiger partial charge in [-0.2, -0.15) is 0 Å². The van der Waals surface area contributed by atoms with Crippen molar-refractivity contribution in [2.24, 2.45) is 0 Å². The fourth-order valence-electron chi connectivity index (χ4n) is 2.58. The molecule has 0 N–H and O–H groups in total. The Morgan fingerprint density at radius 2 is 2.29 bits per heavy atom. The third-order valence-electron chi connectivity index (χ3n) is 3.58. The maximum atomic E-state index is 12.2. The van der Waals surface area contributed by atoms with Crippen molar-refractivity contribution in [2.45, 2.75) is 45.6 Å². The number of hydrogen-bond donors (Lipinski definition) is 0. The number of ketones is 1. The first kappa shape index (κ1) is 12.8. The molecule has 0 radical (unpaired) electrons. The number of carbonyl (C=O) groups excluding carboxylic acids is 1. The van der Waals surface area contributed by atoms with E-state index in [1.165, 1.54) is 24.1 Å². The third kappa shape index (κ3) is 3.17. The predicted molar refractivity (Wildman–Crippen MR) is 72.9 cm³/mol. The number of hydrogen-bond acceptors (Lipinski definition) is 3. The number of rotatable bonds is 4. The highest BCUT2D eigenvalue weighted by atomic mass is 32.1. The molecule has 17 heavy (non-hydrogen) atoms. The molecule has 0 spiro atoms. The Morgan fingerprint density at radius 3 is 2.94 bits per heavy atom. The van der Waals surface area contributed by atoms with Gasteiger partial charge in [0, 0.05) is 10.9 Å². The summed E-state index contributed by atoms with van der Waals surface area (Å²) < 4.78 is 0. The Kier molecular flexibility index (Phi) is 4.35. The minimum Gasteiger partial charge on any atom is -0.293 e. The molecule has 0 bridgehead atoms. The van der Waals surface area contributed by atoms with Crippen LogP contribution in [0.2, 0.25) is 0 Å². The fraction of sp³-hybridized carbons (Fsp3) is 0.643. The first-order chi connectivity index (χ1) is 8.20. The molecule has 1 aromatic rings. The number of thiophene rings is 1. The highest BCUT2D eigenvalue weighted by Crippen LogP contribution is 2.21. The summed E-state index contributed by atoms with van der Waals surface area (Å²) in [4.78, 5) is 16.7. The summed E-state index contributed by atoms with van der Waals surface area (Å²) in [6.45, 7) is 5.98. The molecule has 1 saturated heterocycles. The average molecular weight is 251 g/mol. The van der Waals surface area contributed by atoms with E-state index in [0.717, 1.165) is 17.8 Å². The van der Waals surface area contributed by atoms with E-state index in [9.17, 15) is 4.79 Å². The van der Waals surface area contributed by atoms with Crippen molar-refractivity contribution in [1.82, 2.24) is 4.90 Å². The molecule has 1 aliphatic rings. The zero-order valence-corrected chi connectivity index (χ0v) is 11.6. The number of aryl methyl sites for hydroxylation is 1. The van der Waals surface area contributed by atoms with Crippen molar-refractivity contribution in [3.63, 3.8) is 0 Å². The van der Waals surface area contributed by atoms with Crippen molar-refractivity contribution in [3.8, 4) is 0 Å². The third-order valence-corrected chi connectivity index (χ3v) is 4.62. The van der Waals surface area contributed by atoms with E-state index >= 15 is 0 Å².